The zero-order valence-corrected chi connectivity index (χ0v) is 7.50. The van der Waals surface area contributed by atoms with Crippen molar-refractivity contribution in [1.82, 2.24) is 4.90 Å². The van der Waals surface area contributed by atoms with Crippen LogP contribution in [-0.2, 0) is 9.53 Å². The smallest absolute Gasteiger partial charge is 0.410 e. The summed E-state index contributed by atoms with van der Waals surface area (Å²) in [6, 6.07) is -0.487. The predicted molar refractivity (Wildman–Crippen MR) is 43.0 cm³/mol. The van der Waals surface area contributed by atoms with Gasteiger partial charge in [-0.3, -0.25) is 9.69 Å². The maximum Gasteiger partial charge on any atom is 0.410 e. The fourth-order valence-electron chi connectivity index (χ4n) is 1.34. The summed E-state index contributed by atoms with van der Waals surface area (Å²) in [5.41, 5.74) is 0. The number of likely N-dealkylation sites (tertiary alicyclic amines) is 1. The summed E-state index contributed by atoms with van der Waals surface area (Å²) in [6.07, 6.45) is 0.960. The molecule has 0 N–H and O–H groups in total. The van der Waals surface area contributed by atoms with E-state index in [0.29, 0.717) is 13.0 Å². The lowest BCUT2D eigenvalue weighted by molar-refractivity contribution is -0.115. The van der Waals surface area contributed by atoms with Crippen molar-refractivity contribution in [3.63, 3.8) is 0 Å². The number of carbonyl (C=O) groups excluding carboxylic acids is 2. The van der Waals surface area contributed by atoms with Gasteiger partial charge in [-0.1, -0.05) is 0 Å². The highest BCUT2D eigenvalue weighted by Crippen LogP contribution is 2.19. The Hall–Kier alpha value is -0.770. The predicted octanol–water partition coefficient (Wildman–Crippen LogP) is 0.983. The first-order valence-electron chi connectivity index (χ1n) is 3.70. The number of carbonyl (C=O) groups is 2. The molecule has 12 heavy (non-hydrogen) atoms. The van der Waals surface area contributed by atoms with Crippen LogP contribution in [0.4, 0.5) is 4.79 Å². The molecule has 1 atom stereocenters. The first-order valence-corrected chi connectivity index (χ1v) is 4.08. The molecule has 1 aliphatic rings. The van der Waals surface area contributed by atoms with E-state index in [4.69, 9.17) is 11.6 Å². The van der Waals surface area contributed by atoms with E-state index < -0.39 is 17.4 Å². The van der Waals surface area contributed by atoms with Crippen molar-refractivity contribution in [3.05, 3.63) is 0 Å². The quantitative estimate of drug-likeness (QED) is 0.581. The van der Waals surface area contributed by atoms with Crippen LogP contribution in [0.1, 0.15) is 12.8 Å². The first kappa shape index (κ1) is 9.32. The zero-order valence-electron chi connectivity index (χ0n) is 6.75. The first-order chi connectivity index (χ1) is 5.66. The Morgan fingerprint density at radius 2 is 2.25 bits per heavy atom. The Kier molecular flexibility index (Phi) is 2.92. The molecule has 4 nitrogen and oxygen atoms in total. The fraction of sp³-hybridized carbons (Fsp3) is 0.714. The van der Waals surface area contributed by atoms with E-state index in [1.165, 1.54) is 12.0 Å². The van der Waals surface area contributed by atoms with Crippen molar-refractivity contribution >= 4 is 22.9 Å². The molecule has 0 aromatic rings. The molecule has 0 bridgehead atoms. The average molecular weight is 192 g/mol. The van der Waals surface area contributed by atoms with E-state index in [2.05, 4.69) is 4.74 Å². The van der Waals surface area contributed by atoms with Gasteiger partial charge in [0.25, 0.3) is 0 Å². The standard InChI is InChI=1S/C7H10ClNO3/c1-12-7(11)9-4-2-3-5(9)6(8)10/h5H,2-4H2,1H3/t5-/m0/s1. The number of nitrogens with zero attached hydrogens (tertiary/aromatic N) is 1. The van der Waals surface area contributed by atoms with Gasteiger partial charge in [0.1, 0.15) is 6.04 Å². The van der Waals surface area contributed by atoms with Crippen LogP contribution in [0.25, 0.3) is 0 Å². The minimum absolute atomic E-state index is 0.480. The largest absolute Gasteiger partial charge is 0.453 e. The number of halogens is 1. The van der Waals surface area contributed by atoms with Gasteiger partial charge in [0.05, 0.1) is 7.11 Å². The van der Waals surface area contributed by atoms with Gasteiger partial charge in [-0.25, -0.2) is 4.79 Å². The lowest BCUT2D eigenvalue weighted by Crippen LogP contribution is -2.38. The van der Waals surface area contributed by atoms with E-state index >= 15 is 0 Å². The molecule has 1 fully saturated rings. The fourth-order valence-corrected chi connectivity index (χ4v) is 1.57. The van der Waals surface area contributed by atoms with Crippen LogP contribution in [-0.4, -0.2) is 35.9 Å². The third kappa shape index (κ3) is 1.69. The molecule has 1 saturated heterocycles. The Labute approximate surface area is 75.4 Å². The lowest BCUT2D eigenvalue weighted by Gasteiger charge is -2.19. The van der Waals surface area contributed by atoms with E-state index in [9.17, 15) is 9.59 Å². The van der Waals surface area contributed by atoms with Crippen molar-refractivity contribution in [3.8, 4) is 0 Å². The SMILES string of the molecule is COC(=O)N1CCC[C@H]1C(=O)Cl. The minimum atomic E-state index is -0.488. The summed E-state index contributed by atoms with van der Waals surface area (Å²) in [5.74, 6) is 0. The van der Waals surface area contributed by atoms with Crippen molar-refractivity contribution in [1.29, 1.82) is 0 Å². The van der Waals surface area contributed by atoms with Gasteiger partial charge in [0.2, 0.25) is 5.24 Å². The van der Waals surface area contributed by atoms with Gasteiger partial charge >= 0.3 is 6.09 Å². The average Bonchev–Trinajstić information content (AvgIpc) is 2.50. The summed E-state index contributed by atoms with van der Waals surface area (Å²) in [7, 11) is 1.29. The number of rotatable bonds is 1. The summed E-state index contributed by atoms with van der Waals surface area (Å²) in [6.45, 7) is 0.551. The molecule has 5 heteroatoms. The molecule has 0 spiro atoms. The van der Waals surface area contributed by atoms with Crippen LogP contribution in [0.5, 0.6) is 0 Å². The number of hydrogen-bond acceptors (Lipinski definition) is 3. The van der Waals surface area contributed by atoms with Gasteiger partial charge in [0, 0.05) is 6.54 Å². The molecule has 1 amide bonds. The van der Waals surface area contributed by atoms with Crippen molar-refractivity contribution in [2.24, 2.45) is 0 Å². The monoisotopic (exact) mass is 191 g/mol. The van der Waals surface area contributed by atoms with Crippen molar-refractivity contribution in [2.75, 3.05) is 13.7 Å². The molecule has 0 saturated carbocycles. The topological polar surface area (TPSA) is 46.6 Å². The maximum absolute atomic E-state index is 11.0. The Bertz CT molecular complexity index is 207. The van der Waals surface area contributed by atoms with Gasteiger partial charge < -0.3 is 4.74 Å². The summed E-state index contributed by atoms with van der Waals surface area (Å²) >= 11 is 5.29. The molecule has 0 aliphatic carbocycles. The Morgan fingerprint density at radius 1 is 1.58 bits per heavy atom. The molecule has 0 radical (unpaired) electrons. The number of ether oxygens (including phenoxy) is 1. The number of amides is 1. The second kappa shape index (κ2) is 3.76. The highest BCUT2D eigenvalue weighted by Gasteiger charge is 2.33. The van der Waals surface area contributed by atoms with Crippen LogP contribution >= 0.6 is 11.6 Å². The Balaban J connectivity index is 2.63. The molecule has 1 rings (SSSR count). The summed E-state index contributed by atoms with van der Waals surface area (Å²) < 4.78 is 4.49. The lowest BCUT2D eigenvalue weighted by atomic mass is 10.2. The number of hydrogen-bond donors (Lipinski definition) is 0. The molecular formula is C7H10ClNO3. The summed E-state index contributed by atoms with van der Waals surface area (Å²) in [4.78, 5) is 23.2. The second-order valence-electron chi connectivity index (χ2n) is 2.63. The molecule has 68 valence electrons. The van der Waals surface area contributed by atoms with Crippen molar-refractivity contribution in [2.45, 2.75) is 18.9 Å². The molecule has 1 heterocycles. The normalized spacial score (nSPS) is 22.5. The van der Waals surface area contributed by atoms with Gasteiger partial charge in [0.15, 0.2) is 0 Å². The van der Waals surface area contributed by atoms with Gasteiger partial charge in [-0.2, -0.15) is 0 Å². The van der Waals surface area contributed by atoms with Crippen LogP contribution in [0.15, 0.2) is 0 Å². The molecule has 0 aromatic carbocycles. The molecule has 0 aromatic heterocycles. The van der Waals surface area contributed by atoms with E-state index in [-0.39, 0.29) is 0 Å². The van der Waals surface area contributed by atoms with E-state index in [1.54, 1.807) is 0 Å². The minimum Gasteiger partial charge on any atom is -0.453 e. The number of methoxy groups -OCH3 is 1. The van der Waals surface area contributed by atoms with Crippen LogP contribution in [0.3, 0.4) is 0 Å². The third-order valence-corrected chi connectivity index (χ3v) is 2.18. The molecule has 0 unspecified atom stereocenters. The maximum atomic E-state index is 11.0. The second-order valence-corrected chi connectivity index (χ2v) is 3.00. The summed E-state index contributed by atoms with van der Waals surface area (Å²) in [5, 5.41) is -0.488. The third-order valence-electron chi connectivity index (χ3n) is 1.92. The molecular weight excluding hydrogens is 182 g/mol. The van der Waals surface area contributed by atoms with Gasteiger partial charge in [-0.15, -0.1) is 0 Å². The van der Waals surface area contributed by atoms with Crippen LogP contribution < -0.4 is 0 Å². The van der Waals surface area contributed by atoms with Crippen molar-refractivity contribution < 1.29 is 14.3 Å². The highest BCUT2D eigenvalue weighted by molar-refractivity contribution is 6.64. The van der Waals surface area contributed by atoms with Gasteiger partial charge in [-0.05, 0) is 24.4 Å². The van der Waals surface area contributed by atoms with E-state index in [0.717, 1.165) is 6.42 Å². The highest BCUT2D eigenvalue weighted by atomic mass is 35.5. The zero-order chi connectivity index (χ0) is 9.14. The van der Waals surface area contributed by atoms with Crippen LogP contribution in [0, 0.1) is 0 Å². The van der Waals surface area contributed by atoms with Crippen LogP contribution in [0.2, 0.25) is 0 Å². The van der Waals surface area contributed by atoms with E-state index in [1.807, 2.05) is 0 Å². The Morgan fingerprint density at radius 3 is 2.75 bits per heavy atom. The molecule has 1 aliphatic heterocycles.